The molecule has 0 bridgehead atoms. The maximum Gasteiger partial charge on any atom is 0.256 e. The molecule has 1 spiro atoms. The molecule has 2 amide bonds. The molecule has 2 aromatic carbocycles. The second-order valence-electron chi connectivity index (χ2n) is 12.8. The number of rotatable bonds is 6. The number of hydrogen-bond acceptors (Lipinski definition) is 6. The van der Waals surface area contributed by atoms with Gasteiger partial charge in [0.25, 0.3) is 11.8 Å². The fourth-order valence-electron chi connectivity index (χ4n) is 7.65. The number of aliphatic hydroxyl groups is 1. The number of piperidine rings is 1. The van der Waals surface area contributed by atoms with Crippen molar-refractivity contribution in [1.82, 2.24) is 15.1 Å². The van der Waals surface area contributed by atoms with Gasteiger partial charge < -0.3 is 29.9 Å². The first kappa shape index (κ1) is 29.1. The van der Waals surface area contributed by atoms with Gasteiger partial charge in [0, 0.05) is 64.5 Å². The molecule has 2 fully saturated rings. The molecule has 6 rings (SSSR count). The minimum Gasteiger partial charge on any atom is -0.390 e. The summed E-state index contributed by atoms with van der Waals surface area (Å²) in [7, 11) is 1.81. The Balaban J connectivity index is 1.12. The lowest BCUT2D eigenvalue weighted by atomic mass is 9.67. The highest BCUT2D eigenvalue weighted by Gasteiger charge is 2.39. The van der Waals surface area contributed by atoms with E-state index in [2.05, 4.69) is 29.3 Å². The molecule has 8 heteroatoms. The monoisotopic (exact) mass is 574 g/mol. The zero-order chi connectivity index (χ0) is 29.3. The molecule has 1 saturated heterocycles. The average molecular weight is 575 g/mol. The van der Waals surface area contributed by atoms with Crippen molar-refractivity contribution in [3.8, 4) is 0 Å². The third-order valence-corrected chi connectivity index (χ3v) is 10.5. The van der Waals surface area contributed by atoms with E-state index >= 15 is 0 Å². The molecule has 3 heterocycles. The van der Waals surface area contributed by atoms with Crippen LogP contribution in [0.25, 0.3) is 0 Å². The van der Waals surface area contributed by atoms with Gasteiger partial charge in [0.15, 0.2) is 0 Å². The van der Waals surface area contributed by atoms with E-state index in [9.17, 15) is 14.7 Å². The van der Waals surface area contributed by atoms with Crippen molar-refractivity contribution in [3.05, 3.63) is 64.7 Å². The molecule has 4 aliphatic rings. The van der Waals surface area contributed by atoms with E-state index in [1.54, 1.807) is 4.90 Å². The summed E-state index contributed by atoms with van der Waals surface area (Å²) < 4.78 is 5.58. The van der Waals surface area contributed by atoms with E-state index in [1.165, 1.54) is 24.0 Å². The molecule has 2 N–H and O–H groups in total. The van der Waals surface area contributed by atoms with E-state index in [4.69, 9.17) is 4.74 Å². The van der Waals surface area contributed by atoms with Crippen LogP contribution in [0.1, 0.15) is 77.3 Å². The Bertz CT molecular complexity index is 1280. The van der Waals surface area contributed by atoms with E-state index in [0.29, 0.717) is 35.7 Å². The standard InChI is InChI=1S/C34H46N4O4/c1-3-36-18-19-38(23-31(39)29-20-24-6-4-5-7-26(24)22-35-29)33(41)28-9-8-25(21-30(28)36)32(40)37-16-14-34(15-17-37)12-10-27(42-2)11-13-34/h4-9,21,27,29,31,35,39H,3,10-20,22-23H2,1-2H3/t29-,31?/m0/s1. The maximum atomic E-state index is 13.8. The van der Waals surface area contributed by atoms with Crippen LogP contribution in [-0.4, -0.2) is 91.3 Å². The Morgan fingerprint density at radius 1 is 1.02 bits per heavy atom. The lowest BCUT2D eigenvalue weighted by molar-refractivity contribution is -0.00129. The average Bonchev–Trinajstić information content (AvgIpc) is 3.16. The van der Waals surface area contributed by atoms with Crippen molar-refractivity contribution in [2.75, 3.05) is 51.3 Å². The van der Waals surface area contributed by atoms with Gasteiger partial charge in [-0.15, -0.1) is 0 Å². The van der Waals surface area contributed by atoms with Gasteiger partial charge in [-0.25, -0.2) is 0 Å². The zero-order valence-corrected chi connectivity index (χ0v) is 25.2. The first-order valence-electron chi connectivity index (χ1n) is 15.9. The van der Waals surface area contributed by atoms with Crippen molar-refractivity contribution in [1.29, 1.82) is 0 Å². The second kappa shape index (κ2) is 12.3. The highest BCUT2D eigenvalue weighted by atomic mass is 16.5. The third kappa shape index (κ3) is 5.81. The molecule has 0 aromatic heterocycles. The summed E-state index contributed by atoms with van der Waals surface area (Å²) in [6.07, 6.45) is 7.19. The van der Waals surface area contributed by atoms with Gasteiger partial charge in [-0.3, -0.25) is 9.59 Å². The molecular weight excluding hydrogens is 528 g/mol. The van der Waals surface area contributed by atoms with Gasteiger partial charge in [0.05, 0.1) is 23.5 Å². The molecule has 1 unspecified atom stereocenters. The number of methoxy groups -OCH3 is 1. The van der Waals surface area contributed by atoms with Crippen LogP contribution in [0.5, 0.6) is 0 Å². The van der Waals surface area contributed by atoms with Gasteiger partial charge in [-0.2, -0.15) is 0 Å². The van der Waals surface area contributed by atoms with Crippen molar-refractivity contribution in [2.45, 2.75) is 76.7 Å². The van der Waals surface area contributed by atoms with Gasteiger partial charge in [-0.05, 0) is 86.6 Å². The van der Waals surface area contributed by atoms with E-state index in [-0.39, 0.29) is 24.4 Å². The number of nitrogens with one attached hydrogen (secondary N) is 1. The van der Waals surface area contributed by atoms with Crippen molar-refractivity contribution >= 4 is 17.5 Å². The third-order valence-electron chi connectivity index (χ3n) is 10.5. The lowest BCUT2D eigenvalue weighted by Crippen LogP contribution is -2.50. The van der Waals surface area contributed by atoms with Crippen molar-refractivity contribution < 1.29 is 19.4 Å². The first-order chi connectivity index (χ1) is 20.4. The minimum atomic E-state index is -0.674. The number of likely N-dealkylation sites (tertiary alicyclic amines) is 1. The van der Waals surface area contributed by atoms with Gasteiger partial charge >= 0.3 is 0 Å². The molecule has 226 valence electrons. The molecule has 2 aromatic rings. The fourth-order valence-corrected chi connectivity index (χ4v) is 7.65. The van der Waals surface area contributed by atoms with E-state index in [0.717, 1.165) is 64.0 Å². The molecular formula is C34H46N4O4. The van der Waals surface area contributed by atoms with Crippen LogP contribution >= 0.6 is 0 Å². The van der Waals surface area contributed by atoms with Crippen LogP contribution in [0, 0.1) is 5.41 Å². The summed E-state index contributed by atoms with van der Waals surface area (Å²) >= 11 is 0. The number of carbonyl (C=O) groups excluding carboxylic acids is 2. The number of hydrogen-bond donors (Lipinski definition) is 2. The van der Waals surface area contributed by atoms with Crippen LogP contribution in [0.4, 0.5) is 5.69 Å². The maximum absolute atomic E-state index is 13.8. The quantitative estimate of drug-likeness (QED) is 0.545. The minimum absolute atomic E-state index is 0.0573. The Kier molecular flexibility index (Phi) is 8.57. The molecule has 3 aliphatic heterocycles. The van der Waals surface area contributed by atoms with Gasteiger partial charge in [0.2, 0.25) is 0 Å². The number of benzene rings is 2. The SMILES string of the molecule is CCN1CCN(CC(O)[C@@H]2Cc3ccccc3CN2)C(=O)c2ccc(C(=O)N3CCC4(CCC(OC)CC4)CC3)cc21. The summed E-state index contributed by atoms with van der Waals surface area (Å²) in [4.78, 5) is 33.4. The number of nitrogens with zero attached hydrogens (tertiary/aromatic N) is 3. The Morgan fingerprint density at radius 3 is 2.45 bits per heavy atom. The number of ether oxygens (including phenoxy) is 1. The number of likely N-dealkylation sites (N-methyl/N-ethyl adjacent to an activating group) is 1. The zero-order valence-electron chi connectivity index (χ0n) is 25.2. The Morgan fingerprint density at radius 2 is 1.74 bits per heavy atom. The summed E-state index contributed by atoms with van der Waals surface area (Å²) in [5, 5.41) is 14.6. The van der Waals surface area contributed by atoms with E-state index < -0.39 is 6.10 Å². The lowest BCUT2D eigenvalue weighted by Gasteiger charge is -2.45. The van der Waals surface area contributed by atoms with Gasteiger partial charge in [0.1, 0.15) is 0 Å². The predicted octanol–water partition coefficient (Wildman–Crippen LogP) is 3.86. The van der Waals surface area contributed by atoms with Crippen LogP contribution < -0.4 is 10.2 Å². The van der Waals surface area contributed by atoms with E-state index in [1.807, 2.05) is 42.3 Å². The molecule has 2 atom stereocenters. The van der Waals surface area contributed by atoms with Crippen LogP contribution in [0.3, 0.4) is 0 Å². The predicted molar refractivity (Wildman–Crippen MR) is 164 cm³/mol. The number of anilines is 1. The number of amides is 2. The van der Waals surface area contributed by atoms with Crippen molar-refractivity contribution in [3.63, 3.8) is 0 Å². The number of carbonyl (C=O) groups is 2. The molecule has 1 aliphatic carbocycles. The fraction of sp³-hybridized carbons (Fsp3) is 0.588. The highest BCUT2D eigenvalue weighted by Crippen LogP contribution is 2.45. The normalized spacial score (nSPS) is 23.4. The Labute approximate surface area is 250 Å². The molecule has 8 nitrogen and oxygen atoms in total. The largest absolute Gasteiger partial charge is 0.390 e. The van der Waals surface area contributed by atoms with Crippen LogP contribution in [0.2, 0.25) is 0 Å². The topological polar surface area (TPSA) is 85.3 Å². The summed E-state index contributed by atoms with van der Waals surface area (Å²) in [6, 6.07) is 13.8. The van der Waals surface area contributed by atoms with Gasteiger partial charge in [-0.1, -0.05) is 24.3 Å². The number of fused-ring (bicyclic) bond motifs is 2. The second-order valence-corrected chi connectivity index (χ2v) is 12.8. The number of β-amino-alcohol motifs (C(OH)–C–C–N with tert-alkyl or cyclic N) is 1. The first-order valence-corrected chi connectivity index (χ1v) is 15.9. The van der Waals surface area contributed by atoms with Crippen molar-refractivity contribution in [2.24, 2.45) is 5.41 Å². The highest BCUT2D eigenvalue weighted by molar-refractivity contribution is 6.03. The summed E-state index contributed by atoms with van der Waals surface area (Å²) in [6.45, 7) is 6.59. The van der Waals surface area contributed by atoms with Crippen LogP contribution in [0.15, 0.2) is 42.5 Å². The molecule has 1 saturated carbocycles. The Hall–Kier alpha value is -2.94. The number of aliphatic hydroxyl groups excluding tert-OH is 1. The summed E-state index contributed by atoms with van der Waals surface area (Å²) in [5.74, 6) is -0.0244. The molecule has 0 radical (unpaired) electrons. The summed E-state index contributed by atoms with van der Waals surface area (Å²) in [5.41, 5.74) is 4.95. The molecule has 42 heavy (non-hydrogen) atoms. The van der Waals surface area contributed by atoms with Crippen LogP contribution in [-0.2, 0) is 17.7 Å². The smallest absolute Gasteiger partial charge is 0.256 e.